The maximum atomic E-state index is 3.89. The normalized spacial score (nSPS) is 13.0. The summed E-state index contributed by atoms with van der Waals surface area (Å²) in [5.74, 6) is 0. The van der Waals surface area contributed by atoms with Crippen LogP contribution in [0.5, 0.6) is 0 Å². The van der Waals surface area contributed by atoms with Gasteiger partial charge < -0.3 is 0 Å². The standard InChI is InChI=1S/C18H37/c1-7-8-9-10-11-12-13-14-15-18(5,6)16-17(2,3)4/h1,7-16H2,2-6H3. The first-order valence-electron chi connectivity index (χ1n) is 8.06. The average molecular weight is 253 g/mol. The van der Waals surface area contributed by atoms with E-state index in [4.69, 9.17) is 0 Å². The zero-order valence-electron chi connectivity index (χ0n) is 13.8. The molecule has 0 heterocycles. The summed E-state index contributed by atoms with van der Waals surface area (Å²) < 4.78 is 0. The average Bonchev–Trinajstić information content (AvgIpc) is 2.18. The van der Waals surface area contributed by atoms with E-state index in [1.165, 1.54) is 57.8 Å². The van der Waals surface area contributed by atoms with E-state index in [1.807, 2.05) is 0 Å². The molecule has 0 saturated carbocycles. The first-order chi connectivity index (χ1) is 8.27. The first kappa shape index (κ1) is 18.0. The van der Waals surface area contributed by atoms with Gasteiger partial charge in [-0.1, -0.05) is 92.9 Å². The molecule has 0 heteroatoms. The summed E-state index contributed by atoms with van der Waals surface area (Å²) in [7, 11) is 0. The number of hydrogen-bond donors (Lipinski definition) is 0. The summed E-state index contributed by atoms with van der Waals surface area (Å²) >= 11 is 0. The molecule has 0 aliphatic rings. The Morgan fingerprint density at radius 2 is 1.11 bits per heavy atom. The highest BCUT2D eigenvalue weighted by Gasteiger charge is 2.24. The Morgan fingerprint density at radius 3 is 1.56 bits per heavy atom. The van der Waals surface area contributed by atoms with E-state index in [0.29, 0.717) is 10.8 Å². The Morgan fingerprint density at radius 1 is 0.667 bits per heavy atom. The fourth-order valence-corrected chi connectivity index (χ4v) is 3.19. The van der Waals surface area contributed by atoms with Gasteiger partial charge in [-0.2, -0.15) is 0 Å². The quantitative estimate of drug-likeness (QED) is 0.376. The predicted molar refractivity (Wildman–Crippen MR) is 84.8 cm³/mol. The van der Waals surface area contributed by atoms with Crippen LogP contribution in [0.25, 0.3) is 0 Å². The fraction of sp³-hybridized carbons (Fsp3) is 0.944. The maximum Gasteiger partial charge on any atom is -0.0349 e. The van der Waals surface area contributed by atoms with Crippen molar-refractivity contribution >= 4 is 0 Å². The maximum absolute atomic E-state index is 3.89. The third kappa shape index (κ3) is 12.5. The van der Waals surface area contributed by atoms with Gasteiger partial charge in [-0.05, 0) is 23.7 Å². The van der Waals surface area contributed by atoms with Crippen LogP contribution in [0.1, 0.15) is 98.8 Å². The Hall–Kier alpha value is 0. The molecule has 109 valence electrons. The second-order valence-electron chi connectivity index (χ2n) is 7.98. The van der Waals surface area contributed by atoms with Gasteiger partial charge in [0.2, 0.25) is 0 Å². The number of rotatable bonds is 10. The van der Waals surface area contributed by atoms with Crippen molar-refractivity contribution in [3.8, 4) is 0 Å². The van der Waals surface area contributed by atoms with Crippen LogP contribution in [0.3, 0.4) is 0 Å². The summed E-state index contributed by atoms with van der Waals surface area (Å²) in [5, 5.41) is 0. The Labute approximate surface area is 117 Å². The largest absolute Gasteiger partial charge is 0.0602 e. The topological polar surface area (TPSA) is 0 Å². The number of unbranched alkanes of at least 4 members (excludes halogenated alkanes) is 7. The van der Waals surface area contributed by atoms with Gasteiger partial charge in [0.05, 0.1) is 0 Å². The third-order valence-electron chi connectivity index (χ3n) is 3.61. The molecule has 0 saturated heterocycles. The molecule has 0 amide bonds. The van der Waals surface area contributed by atoms with Gasteiger partial charge in [-0.15, -0.1) is 0 Å². The van der Waals surface area contributed by atoms with Gasteiger partial charge in [0.25, 0.3) is 0 Å². The first-order valence-corrected chi connectivity index (χ1v) is 8.06. The van der Waals surface area contributed by atoms with E-state index in [9.17, 15) is 0 Å². The summed E-state index contributed by atoms with van der Waals surface area (Å²) in [5.41, 5.74) is 0.990. The summed E-state index contributed by atoms with van der Waals surface area (Å²) in [4.78, 5) is 0. The van der Waals surface area contributed by atoms with E-state index >= 15 is 0 Å². The van der Waals surface area contributed by atoms with Crippen LogP contribution < -0.4 is 0 Å². The molecule has 0 aromatic heterocycles. The molecule has 0 aliphatic carbocycles. The second-order valence-corrected chi connectivity index (χ2v) is 7.98. The van der Waals surface area contributed by atoms with Crippen molar-refractivity contribution in [2.45, 2.75) is 98.8 Å². The lowest BCUT2D eigenvalue weighted by Gasteiger charge is -2.32. The van der Waals surface area contributed by atoms with Crippen LogP contribution in [-0.4, -0.2) is 0 Å². The SMILES string of the molecule is [CH2]CCCCCCCCCC(C)(C)CC(C)(C)C. The van der Waals surface area contributed by atoms with Gasteiger partial charge in [-0.25, -0.2) is 0 Å². The minimum atomic E-state index is 0.470. The van der Waals surface area contributed by atoms with Crippen molar-refractivity contribution in [1.82, 2.24) is 0 Å². The minimum Gasteiger partial charge on any atom is -0.0602 e. The van der Waals surface area contributed by atoms with Crippen molar-refractivity contribution in [3.63, 3.8) is 0 Å². The summed E-state index contributed by atoms with van der Waals surface area (Å²) in [6.45, 7) is 15.8. The van der Waals surface area contributed by atoms with Gasteiger partial charge in [0.15, 0.2) is 0 Å². The lowest BCUT2D eigenvalue weighted by molar-refractivity contribution is 0.194. The van der Waals surface area contributed by atoms with Crippen molar-refractivity contribution in [3.05, 3.63) is 6.92 Å². The Bertz CT molecular complexity index is 183. The smallest absolute Gasteiger partial charge is 0.0349 e. The summed E-state index contributed by atoms with van der Waals surface area (Å²) in [6, 6.07) is 0. The van der Waals surface area contributed by atoms with E-state index in [1.54, 1.807) is 0 Å². The molecule has 0 rings (SSSR count). The van der Waals surface area contributed by atoms with Crippen molar-refractivity contribution in [2.75, 3.05) is 0 Å². The van der Waals surface area contributed by atoms with Crippen LogP contribution in [0.4, 0.5) is 0 Å². The molecule has 1 radical (unpaired) electrons. The van der Waals surface area contributed by atoms with E-state index < -0.39 is 0 Å². The highest BCUT2D eigenvalue weighted by Crippen LogP contribution is 2.37. The molecular weight excluding hydrogens is 216 g/mol. The van der Waals surface area contributed by atoms with Crippen LogP contribution in [0, 0.1) is 17.8 Å². The highest BCUT2D eigenvalue weighted by molar-refractivity contribution is 4.76. The van der Waals surface area contributed by atoms with Crippen molar-refractivity contribution < 1.29 is 0 Å². The van der Waals surface area contributed by atoms with E-state index in [-0.39, 0.29) is 0 Å². The second kappa shape index (κ2) is 8.99. The molecular formula is C18H37. The predicted octanol–water partition coefficient (Wildman–Crippen LogP) is 6.79. The van der Waals surface area contributed by atoms with Gasteiger partial charge in [-0.3, -0.25) is 0 Å². The zero-order chi connectivity index (χ0) is 14.1. The van der Waals surface area contributed by atoms with Gasteiger partial charge in [0.1, 0.15) is 0 Å². The highest BCUT2D eigenvalue weighted by atomic mass is 14.3. The van der Waals surface area contributed by atoms with Crippen LogP contribution >= 0.6 is 0 Å². The Balaban J connectivity index is 3.47. The minimum absolute atomic E-state index is 0.470. The summed E-state index contributed by atoms with van der Waals surface area (Å²) in [6.07, 6.45) is 13.7. The molecule has 0 aromatic carbocycles. The monoisotopic (exact) mass is 253 g/mol. The molecule has 0 aromatic rings. The lowest BCUT2D eigenvalue weighted by atomic mass is 9.73. The molecule has 0 N–H and O–H groups in total. The molecule has 0 aliphatic heterocycles. The third-order valence-corrected chi connectivity index (χ3v) is 3.61. The Kier molecular flexibility index (Phi) is 8.99. The van der Waals surface area contributed by atoms with Crippen LogP contribution in [-0.2, 0) is 0 Å². The molecule has 18 heavy (non-hydrogen) atoms. The van der Waals surface area contributed by atoms with Crippen molar-refractivity contribution in [2.24, 2.45) is 10.8 Å². The van der Waals surface area contributed by atoms with Crippen LogP contribution in [0.2, 0.25) is 0 Å². The van der Waals surface area contributed by atoms with Gasteiger partial charge in [0, 0.05) is 0 Å². The van der Waals surface area contributed by atoms with Crippen molar-refractivity contribution in [1.29, 1.82) is 0 Å². The number of hydrogen-bond acceptors (Lipinski definition) is 0. The fourth-order valence-electron chi connectivity index (χ4n) is 3.19. The zero-order valence-corrected chi connectivity index (χ0v) is 13.8. The van der Waals surface area contributed by atoms with Crippen LogP contribution in [0.15, 0.2) is 0 Å². The molecule has 0 bridgehead atoms. The molecule has 0 atom stereocenters. The molecule has 0 fully saturated rings. The molecule has 0 nitrogen and oxygen atoms in total. The van der Waals surface area contributed by atoms with E-state index in [2.05, 4.69) is 41.5 Å². The molecule has 0 unspecified atom stereocenters. The van der Waals surface area contributed by atoms with Gasteiger partial charge >= 0.3 is 0 Å². The lowest BCUT2D eigenvalue weighted by Crippen LogP contribution is -2.20. The van der Waals surface area contributed by atoms with E-state index in [0.717, 1.165) is 6.42 Å². The molecule has 0 spiro atoms.